The molecule has 0 saturated carbocycles. The van der Waals surface area contributed by atoms with E-state index < -0.39 is 29.6 Å². The predicted octanol–water partition coefficient (Wildman–Crippen LogP) is 0.894. The van der Waals surface area contributed by atoms with E-state index in [2.05, 4.69) is 5.32 Å². The van der Waals surface area contributed by atoms with Crippen LogP contribution in [0.4, 0.5) is 4.39 Å². The number of halogens is 3. The third-order valence-corrected chi connectivity index (χ3v) is 8.70. The normalized spacial score (nSPS) is 14.3. The summed E-state index contributed by atoms with van der Waals surface area (Å²) in [5.41, 5.74) is 3.80. The molecule has 1 rings (SSSR count). The Balaban J connectivity index is 3.11. The number of alkyl halides is 3. The molecule has 1 aromatic carbocycles. The third kappa shape index (κ3) is 4.47. The van der Waals surface area contributed by atoms with Crippen LogP contribution in [0.15, 0.2) is 6.07 Å². The standard InChI is InChI=1S/C14H17Cl2FNO2.Sn.3H/c1-7-4-8(2)9(3)10(5-7)12(19)11(6-17)18-14(20)13(15)16;;;;/h5,11-13,19H,6H2,1-3H3,(H,18,20);;;;/t11-,12-;;;;/m1..../s1. The molecule has 2 atom stereocenters. The molecule has 0 aliphatic rings. The summed E-state index contributed by atoms with van der Waals surface area (Å²) in [5, 5.41) is 12.7. The van der Waals surface area contributed by atoms with Crippen molar-refractivity contribution in [2.75, 3.05) is 6.67 Å². The second kappa shape index (κ2) is 7.99. The van der Waals surface area contributed by atoms with E-state index >= 15 is 0 Å². The molecule has 1 aromatic rings. The molecular formula is C14H20Cl2FNO2Sn. The second-order valence-electron chi connectivity index (χ2n) is 5.17. The van der Waals surface area contributed by atoms with Gasteiger partial charge in [-0.1, -0.05) is 0 Å². The van der Waals surface area contributed by atoms with E-state index in [1.54, 1.807) is 0 Å². The summed E-state index contributed by atoms with van der Waals surface area (Å²) in [7, 11) is 0. The van der Waals surface area contributed by atoms with Crippen molar-refractivity contribution >= 4 is 55.2 Å². The van der Waals surface area contributed by atoms with Crippen LogP contribution in [0.3, 0.4) is 0 Å². The number of aliphatic hydroxyl groups is 1. The molecule has 0 aliphatic heterocycles. The van der Waals surface area contributed by atoms with Gasteiger partial charge in [0.25, 0.3) is 0 Å². The predicted molar refractivity (Wildman–Crippen MR) is 88.6 cm³/mol. The van der Waals surface area contributed by atoms with Crippen LogP contribution >= 0.6 is 23.2 Å². The molecule has 0 spiro atoms. The topological polar surface area (TPSA) is 49.3 Å². The van der Waals surface area contributed by atoms with Crippen LogP contribution in [0.1, 0.15) is 28.4 Å². The van der Waals surface area contributed by atoms with E-state index in [-0.39, 0.29) is 0 Å². The number of hydrogen-bond donors (Lipinski definition) is 2. The molecule has 0 radical (unpaired) electrons. The first-order valence-electron chi connectivity index (χ1n) is 6.60. The summed E-state index contributed by atoms with van der Waals surface area (Å²) < 4.78 is 14.5. The van der Waals surface area contributed by atoms with E-state index in [4.69, 9.17) is 23.2 Å². The van der Waals surface area contributed by atoms with E-state index in [1.807, 2.05) is 26.8 Å². The SMILES string of the molecule is Cc1cc([C@@H](O)[C@@H](CF)NC(=O)C(Cl)Cl)c(C)c(C)[c]1[SnH3]. The van der Waals surface area contributed by atoms with Crippen LogP contribution in [0.5, 0.6) is 0 Å². The van der Waals surface area contributed by atoms with Gasteiger partial charge in [0.15, 0.2) is 0 Å². The van der Waals surface area contributed by atoms with E-state index in [0.717, 1.165) is 16.7 Å². The molecule has 0 aliphatic carbocycles. The number of amides is 1. The summed E-state index contributed by atoms with van der Waals surface area (Å²) in [6, 6.07) is 0.800. The van der Waals surface area contributed by atoms with Gasteiger partial charge in [0.05, 0.1) is 0 Å². The molecule has 0 heterocycles. The zero-order chi connectivity index (χ0) is 16.3. The van der Waals surface area contributed by atoms with Gasteiger partial charge in [-0.05, 0) is 0 Å². The van der Waals surface area contributed by atoms with Gasteiger partial charge >= 0.3 is 148 Å². The number of aliphatic hydroxyl groups excluding tert-OH is 1. The molecule has 2 N–H and O–H groups in total. The van der Waals surface area contributed by atoms with Crippen molar-refractivity contribution in [3.8, 4) is 0 Å². The van der Waals surface area contributed by atoms with Gasteiger partial charge in [-0.3, -0.25) is 0 Å². The zero-order valence-corrected chi connectivity index (χ0v) is 19.7. The summed E-state index contributed by atoms with van der Waals surface area (Å²) >= 11 is 11.2. The second-order valence-corrected chi connectivity index (χ2v) is 9.12. The minimum absolute atomic E-state index is 0.345. The maximum atomic E-state index is 13.2. The first kappa shape index (κ1) is 19.0. The summed E-state index contributed by atoms with van der Waals surface area (Å²) in [4.78, 5) is 10.2. The molecule has 0 bridgehead atoms. The fourth-order valence-electron chi connectivity index (χ4n) is 2.21. The van der Waals surface area contributed by atoms with E-state index in [1.165, 1.54) is 3.58 Å². The third-order valence-electron chi connectivity index (χ3n) is 3.91. The molecule has 0 unspecified atom stereocenters. The van der Waals surface area contributed by atoms with Crippen LogP contribution in [-0.2, 0) is 4.79 Å². The van der Waals surface area contributed by atoms with Crippen LogP contribution in [0.2, 0.25) is 0 Å². The van der Waals surface area contributed by atoms with Gasteiger partial charge in [-0.2, -0.15) is 0 Å². The summed E-state index contributed by atoms with van der Waals surface area (Å²) in [6.07, 6.45) is -1.14. The molecule has 7 heteroatoms. The van der Waals surface area contributed by atoms with Crippen LogP contribution in [-0.4, -0.2) is 51.1 Å². The first-order chi connectivity index (χ1) is 9.70. The fraction of sp³-hybridized carbons (Fsp3) is 0.500. The Labute approximate surface area is 147 Å². The number of benzene rings is 1. The molecule has 3 nitrogen and oxygen atoms in total. The van der Waals surface area contributed by atoms with Gasteiger partial charge in [0.2, 0.25) is 0 Å². The number of rotatable bonds is 5. The molecule has 118 valence electrons. The van der Waals surface area contributed by atoms with Gasteiger partial charge in [-0.25, -0.2) is 0 Å². The molecule has 1 amide bonds. The Morgan fingerprint density at radius 3 is 2.43 bits per heavy atom. The van der Waals surface area contributed by atoms with Crippen LogP contribution in [0, 0.1) is 20.8 Å². The molecule has 0 aromatic heterocycles. The van der Waals surface area contributed by atoms with E-state index in [0.29, 0.717) is 28.1 Å². The van der Waals surface area contributed by atoms with Crippen molar-refractivity contribution in [2.24, 2.45) is 0 Å². The van der Waals surface area contributed by atoms with E-state index in [9.17, 15) is 14.3 Å². The van der Waals surface area contributed by atoms with Crippen LogP contribution in [0.25, 0.3) is 0 Å². The van der Waals surface area contributed by atoms with Crippen molar-refractivity contribution in [1.82, 2.24) is 5.32 Å². The monoisotopic (exact) mass is 443 g/mol. The minimum atomic E-state index is -1.29. The number of carbonyl (C=O) groups is 1. The number of hydrogen-bond acceptors (Lipinski definition) is 2. The van der Waals surface area contributed by atoms with Gasteiger partial charge in [0.1, 0.15) is 0 Å². The maximum absolute atomic E-state index is 13.2. The Hall–Kier alpha value is -0.0413. The number of nitrogens with one attached hydrogen (secondary N) is 1. The van der Waals surface area contributed by atoms with Gasteiger partial charge in [0, 0.05) is 0 Å². The average Bonchev–Trinajstić information content (AvgIpc) is 2.45. The number of carbonyl (C=O) groups excluding carboxylic acids is 1. The Morgan fingerprint density at radius 1 is 1.38 bits per heavy atom. The van der Waals surface area contributed by atoms with Gasteiger partial charge < -0.3 is 0 Å². The van der Waals surface area contributed by atoms with Crippen LogP contribution < -0.4 is 8.90 Å². The first-order valence-corrected chi connectivity index (χ1v) is 10.3. The van der Waals surface area contributed by atoms with Crippen molar-refractivity contribution in [2.45, 2.75) is 37.8 Å². The number of aryl methyl sites for hydroxylation is 1. The molecule has 0 saturated heterocycles. The Morgan fingerprint density at radius 2 is 1.95 bits per heavy atom. The van der Waals surface area contributed by atoms with Crippen molar-refractivity contribution < 1.29 is 14.3 Å². The molecular weight excluding hydrogens is 423 g/mol. The average molecular weight is 443 g/mol. The fourth-order valence-corrected chi connectivity index (χ4v) is 3.82. The summed E-state index contributed by atoms with van der Waals surface area (Å²) in [6.45, 7) is 4.97. The quantitative estimate of drug-likeness (QED) is 0.526. The Bertz CT molecular complexity index is 540. The van der Waals surface area contributed by atoms with Crippen molar-refractivity contribution in [3.63, 3.8) is 0 Å². The molecule has 21 heavy (non-hydrogen) atoms. The zero-order valence-electron chi connectivity index (χ0n) is 12.5. The van der Waals surface area contributed by atoms with Gasteiger partial charge in [-0.15, -0.1) is 0 Å². The van der Waals surface area contributed by atoms with Crippen molar-refractivity contribution in [3.05, 3.63) is 28.3 Å². The molecule has 0 fully saturated rings. The summed E-state index contributed by atoms with van der Waals surface area (Å²) in [5.74, 6) is -0.713. The van der Waals surface area contributed by atoms with Crippen molar-refractivity contribution in [1.29, 1.82) is 0 Å². The Kier molecular flexibility index (Phi) is 7.23.